The van der Waals surface area contributed by atoms with Crippen LogP contribution in [0.1, 0.15) is 20.8 Å². The van der Waals surface area contributed by atoms with Gasteiger partial charge in [-0.05, 0) is 12.8 Å². The maximum Gasteiger partial charge on any atom is 0.321 e. The van der Waals surface area contributed by atoms with E-state index in [1.165, 1.54) is 5.01 Å². The van der Waals surface area contributed by atoms with Crippen LogP contribution in [-0.2, 0) is 9.53 Å². The third-order valence-corrected chi connectivity index (χ3v) is 1.24. The van der Waals surface area contributed by atoms with Crippen LogP contribution in [0.25, 0.3) is 0 Å². The second kappa shape index (κ2) is 5.97. The Hall–Kier alpha value is -0.610. The average molecular weight is 174 g/mol. The van der Waals surface area contributed by atoms with Crippen molar-refractivity contribution in [2.24, 2.45) is 11.8 Å². The third-order valence-electron chi connectivity index (χ3n) is 1.24. The van der Waals surface area contributed by atoms with Gasteiger partial charge in [-0.25, -0.2) is 5.01 Å². The largest absolute Gasteiger partial charge is 0.465 e. The summed E-state index contributed by atoms with van der Waals surface area (Å²) in [5, 5.41) is 1.47. The Kier molecular flexibility index (Phi) is 5.66. The molecule has 0 rings (SSSR count). The highest BCUT2D eigenvalue weighted by molar-refractivity contribution is 5.71. The molecule has 0 heterocycles. The van der Waals surface area contributed by atoms with Crippen molar-refractivity contribution in [1.82, 2.24) is 5.01 Å². The molecule has 0 saturated carbocycles. The first kappa shape index (κ1) is 11.4. The molecule has 72 valence electrons. The van der Waals surface area contributed by atoms with Gasteiger partial charge in [-0.2, -0.15) is 0 Å². The molecule has 0 aromatic carbocycles. The van der Waals surface area contributed by atoms with Gasteiger partial charge >= 0.3 is 5.97 Å². The molecule has 0 radical (unpaired) electrons. The molecule has 0 aliphatic rings. The third kappa shape index (κ3) is 6.12. The van der Waals surface area contributed by atoms with E-state index < -0.39 is 0 Å². The van der Waals surface area contributed by atoms with Gasteiger partial charge in [-0.15, -0.1) is 0 Å². The zero-order valence-corrected chi connectivity index (χ0v) is 8.04. The molecule has 4 heteroatoms. The summed E-state index contributed by atoms with van der Waals surface area (Å²) in [4.78, 5) is 10.9. The first-order chi connectivity index (χ1) is 5.56. The normalized spacial score (nSPS) is 10.8. The van der Waals surface area contributed by atoms with Gasteiger partial charge in [-0.1, -0.05) is 13.8 Å². The molecule has 0 saturated heterocycles. The molecule has 0 atom stereocenters. The number of esters is 1. The Bertz CT molecular complexity index is 137. The van der Waals surface area contributed by atoms with Crippen LogP contribution < -0.4 is 5.84 Å². The van der Waals surface area contributed by atoms with E-state index in [9.17, 15) is 4.79 Å². The van der Waals surface area contributed by atoms with Gasteiger partial charge in [0.05, 0.1) is 6.61 Å². The van der Waals surface area contributed by atoms with Crippen molar-refractivity contribution in [2.75, 3.05) is 19.7 Å². The number of ether oxygens (including phenoxy) is 1. The molecule has 0 fully saturated rings. The van der Waals surface area contributed by atoms with Gasteiger partial charge in [0, 0.05) is 6.54 Å². The Morgan fingerprint density at radius 1 is 1.58 bits per heavy atom. The number of carbonyl (C=O) groups is 1. The molecular formula is C8H18N2O2. The number of hydrogen-bond acceptors (Lipinski definition) is 4. The molecule has 12 heavy (non-hydrogen) atoms. The zero-order valence-electron chi connectivity index (χ0n) is 8.04. The van der Waals surface area contributed by atoms with Crippen molar-refractivity contribution in [1.29, 1.82) is 0 Å². The number of hydrogen-bond donors (Lipinski definition) is 1. The fourth-order valence-electron chi connectivity index (χ4n) is 0.906. The highest BCUT2D eigenvalue weighted by Crippen LogP contribution is 1.93. The van der Waals surface area contributed by atoms with Gasteiger partial charge in [0.2, 0.25) is 0 Å². The van der Waals surface area contributed by atoms with Gasteiger partial charge < -0.3 is 4.74 Å². The number of nitrogens with zero attached hydrogens (tertiary/aromatic N) is 1. The van der Waals surface area contributed by atoms with E-state index in [1.54, 1.807) is 6.92 Å². The summed E-state index contributed by atoms with van der Waals surface area (Å²) in [6.07, 6.45) is 0. The molecule has 0 unspecified atom stereocenters. The Morgan fingerprint density at radius 3 is 2.58 bits per heavy atom. The second-order valence-corrected chi connectivity index (χ2v) is 3.13. The number of rotatable bonds is 5. The highest BCUT2D eigenvalue weighted by Gasteiger charge is 2.08. The van der Waals surface area contributed by atoms with Crippen molar-refractivity contribution in [3.8, 4) is 0 Å². The van der Waals surface area contributed by atoms with Crippen LogP contribution in [0, 0.1) is 5.92 Å². The molecule has 0 amide bonds. The summed E-state index contributed by atoms with van der Waals surface area (Å²) in [5.41, 5.74) is 0. The van der Waals surface area contributed by atoms with Crippen LogP contribution in [-0.4, -0.2) is 30.7 Å². The second-order valence-electron chi connectivity index (χ2n) is 3.13. The lowest BCUT2D eigenvalue weighted by Crippen LogP contribution is -2.39. The van der Waals surface area contributed by atoms with E-state index in [2.05, 4.69) is 0 Å². The average Bonchev–Trinajstić information content (AvgIpc) is 1.84. The minimum atomic E-state index is -0.263. The highest BCUT2D eigenvalue weighted by atomic mass is 16.5. The lowest BCUT2D eigenvalue weighted by molar-refractivity contribution is -0.144. The topological polar surface area (TPSA) is 55.6 Å². The fraction of sp³-hybridized carbons (Fsp3) is 0.875. The van der Waals surface area contributed by atoms with Gasteiger partial charge in [0.1, 0.15) is 6.54 Å². The maximum atomic E-state index is 10.9. The summed E-state index contributed by atoms with van der Waals surface area (Å²) in [6, 6.07) is 0. The summed E-state index contributed by atoms with van der Waals surface area (Å²) in [7, 11) is 0. The van der Waals surface area contributed by atoms with Crippen LogP contribution in [0.5, 0.6) is 0 Å². The van der Waals surface area contributed by atoms with E-state index in [0.717, 1.165) is 0 Å². The Morgan fingerprint density at radius 2 is 2.17 bits per heavy atom. The van der Waals surface area contributed by atoms with E-state index in [1.807, 2.05) is 13.8 Å². The number of nitrogens with two attached hydrogens (primary N) is 1. The lowest BCUT2D eigenvalue weighted by Gasteiger charge is -2.16. The molecule has 4 nitrogen and oxygen atoms in total. The molecular weight excluding hydrogens is 156 g/mol. The maximum absolute atomic E-state index is 10.9. The van der Waals surface area contributed by atoms with Crippen LogP contribution in [0.3, 0.4) is 0 Å². The molecule has 0 aromatic heterocycles. The van der Waals surface area contributed by atoms with E-state index in [0.29, 0.717) is 19.1 Å². The predicted molar refractivity (Wildman–Crippen MR) is 47.2 cm³/mol. The van der Waals surface area contributed by atoms with E-state index >= 15 is 0 Å². The minimum Gasteiger partial charge on any atom is -0.465 e. The summed E-state index contributed by atoms with van der Waals surface area (Å²) in [6.45, 7) is 7.16. The van der Waals surface area contributed by atoms with Crippen LogP contribution in [0.2, 0.25) is 0 Å². The zero-order chi connectivity index (χ0) is 9.56. The Balaban J connectivity index is 3.54. The predicted octanol–water partition coefficient (Wildman–Crippen LogP) is 0.381. The first-order valence-corrected chi connectivity index (χ1v) is 4.21. The van der Waals surface area contributed by atoms with Crippen molar-refractivity contribution in [2.45, 2.75) is 20.8 Å². The lowest BCUT2D eigenvalue weighted by atomic mass is 10.2. The molecule has 0 aliphatic carbocycles. The van der Waals surface area contributed by atoms with Crippen molar-refractivity contribution >= 4 is 5.97 Å². The Labute approximate surface area is 73.6 Å². The summed E-state index contributed by atoms with van der Waals surface area (Å²) < 4.78 is 4.73. The van der Waals surface area contributed by atoms with E-state index in [-0.39, 0.29) is 12.5 Å². The minimum absolute atomic E-state index is 0.173. The molecule has 0 aliphatic heterocycles. The van der Waals surface area contributed by atoms with Gasteiger partial charge in [-0.3, -0.25) is 10.6 Å². The van der Waals surface area contributed by atoms with Crippen molar-refractivity contribution < 1.29 is 9.53 Å². The standard InChI is InChI=1S/C8H18N2O2/c1-4-12-8(11)6-10(9)5-7(2)3/h7H,4-6,9H2,1-3H3. The van der Waals surface area contributed by atoms with Crippen molar-refractivity contribution in [3.63, 3.8) is 0 Å². The smallest absolute Gasteiger partial charge is 0.321 e. The van der Waals surface area contributed by atoms with Crippen molar-refractivity contribution in [3.05, 3.63) is 0 Å². The SMILES string of the molecule is CCOC(=O)CN(N)CC(C)C. The van der Waals surface area contributed by atoms with Gasteiger partial charge in [0.15, 0.2) is 0 Å². The monoisotopic (exact) mass is 174 g/mol. The van der Waals surface area contributed by atoms with Crippen LogP contribution >= 0.6 is 0 Å². The molecule has 0 aromatic rings. The molecule has 0 spiro atoms. The number of hydrazine groups is 1. The molecule has 2 N–H and O–H groups in total. The van der Waals surface area contributed by atoms with E-state index in [4.69, 9.17) is 10.6 Å². The first-order valence-electron chi connectivity index (χ1n) is 4.21. The van der Waals surface area contributed by atoms with Crippen LogP contribution in [0.4, 0.5) is 0 Å². The summed E-state index contributed by atoms with van der Waals surface area (Å²) in [5.74, 6) is 5.74. The fourth-order valence-corrected chi connectivity index (χ4v) is 0.906. The number of carbonyl (C=O) groups excluding carboxylic acids is 1. The summed E-state index contributed by atoms with van der Waals surface area (Å²) >= 11 is 0. The van der Waals surface area contributed by atoms with Gasteiger partial charge in [0.25, 0.3) is 0 Å². The molecule has 0 bridgehead atoms. The van der Waals surface area contributed by atoms with Crippen LogP contribution in [0.15, 0.2) is 0 Å². The quantitative estimate of drug-likeness (QED) is 0.372.